The molecule has 0 saturated heterocycles. The van der Waals surface area contributed by atoms with Crippen molar-refractivity contribution in [1.82, 2.24) is 0 Å². The first-order valence-electron chi connectivity index (χ1n) is 13.1. The molecule has 0 heterocycles. The molecule has 3 heteroatoms. The van der Waals surface area contributed by atoms with Crippen LogP contribution < -0.4 is 9.47 Å². The third-order valence-corrected chi connectivity index (χ3v) is 7.86. The highest BCUT2D eigenvalue weighted by Crippen LogP contribution is 2.41. The summed E-state index contributed by atoms with van der Waals surface area (Å²) in [5, 5.41) is 0. The molecule has 1 unspecified atom stereocenters. The molecule has 0 radical (unpaired) electrons. The van der Waals surface area contributed by atoms with E-state index in [4.69, 9.17) is 9.47 Å². The van der Waals surface area contributed by atoms with Crippen LogP contribution in [-0.4, -0.2) is 20.0 Å². The van der Waals surface area contributed by atoms with Gasteiger partial charge in [-0.05, 0) is 76.8 Å². The average molecular weight is 479 g/mol. The van der Waals surface area contributed by atoms with Crippen molar-refractivity contribution in [3.8, 4) is 11.5 Å². The Balaban J connectivity index is 2.34. The van der Waals surface area contributed by atoms with E-state index < -0.39 is 5.41 Å². The van der Waals surface area contributed by atoms with Crippen LogP contribution in [0.3, 0.4) is 0 Å². The van der Waals surface area contributed by atoms with Crippen LogP contribution in [-0.2, 0) is 34.9 Å². The molecule has 0 spiro atoms. The van der Waals surface area contributed by atoms with Crippen molar-refractivity contribution in [1.29, 1.82) is 0 Å². The summed E-state index contributed by atoms with van der Waals surface area (Å²) in [6.45, 7) is 17.4. The highest BCUT2D eigenvalue weighted by Gasteiger charge is 2.33. The normalized spacial score (nSPS) is 19.3. The maximum Gasteiger partial charge on any atom is 0.136 e. The number of Topliss-reactive ketones (excluding diaryl/α,β-unsaturated/α-hetero) is 1. The number of fused-ring (bicyclic) bond motifs is 4. The number of rotatable bonds is 3. The molecule has 35 heavy (non-hydrogen) atoms. The van der Waals surface area contributed by atoms with Crippen molar-refractivity contribution in [2.24, 2.45) is 5.41 Å². The first kappa shape index (κ1) is 27.3. The minimum absolute atomic E-state index is 0.0150. The monoisotopic (exact) mass is 478 g/mol. The zero-order chi connectivity index (χ0) is 26.2. The molecule has 1 aliphatic rings. The van der Waals surface area contributed by atoms with Crippen molar-refractivity contribution < 1.29 is 14.3 Å². The van der Waals surface area contributed by atoms with Gasteiger partial charge >= 0.3 is 0 Å². The van der Waals surface area contributed by atoms with Gasteiger partial charge in [0.25, 0.3) is 0 Å². The molecule has 1 aliphatic carbocycles. The molecule has 2 aromatic rings. The van der Waals surface area contributed by atoms with Gasteiger partial charge in [-0.15, -0.1) is 0 Å². The Morgan fingerprint density at radius 1 is 0.771 bits per heavy atom. The van der Waals surface area contributed by atoms with E-state index in [2.05, 4.69) is 72.7 Å². The Kier molecular flexibility index (Phi) is 7.79. The molecule has 0 N–H and O–H groups in total. The highest BCUT2D eigenvalue weighted by molar-refractivity contribution is 5.82. The Labute approximate surface area is 213 Å². The largest absolute Gasteiger partial charge is 0.496 e. The molecule has 0 fully saturated rings. The number of carbonyl (C=O) groups excluding carboxylic acids is 1. The Bertz CT molecular complexity index is 1080. The van der Waals surface area contributed by atoms with Crippen LogP contribution in [0.1, 0.15) is 108 Å². The summed E-state index contributed by atoms with van der Waals surface area (Å²) in [6.07, 6.45) is 5.29. The van der Waals surface area contributed by atoms with E-state index in [1.54, 1.807) is 21.1 Å². The molecule has 0 amide bonds. The van der Waals surface area contributed by atoms with Crippen molar-refractivity contribution in [2.45, 2.75) is 105 Å². The molecule has 1 atom stereocenters. The molecule has 2 aromatic carbocycles. The van der Waals surface area contributed by atoms with Gasteiger partial charge in [0.1, 0.15) is 17.3 Å². The summed E-state index contributed by atoms with van der Waals surface area (Å²) in [6, 6.07) is 9.23. The number of aryl methyl sites for hydroxylation is 1. The van der Waals surface area contributed by atoms with Crippen molar-refractivity contribution in [2.75, 3.05) is 14.2 Å². The second-order valence-corrected chi connectivity index (χ2v) is 12.8. The van der Waals surface area contributed by atoms with Gasteiger partial charge in [-0.25, -0.2) is 0 Å². The summed E-state index contributed by atoms with van der Waals surface area (Å²) in [7, 11) is 3.55. The molecule has 3 rings (SSSR count). The fraction of sp³-hybridized carbons (Fsp3) is 0.594. The predicted molar refractivity (Wildman–Crippen MR) is 146 cm³/mol. The number of ether oxygens (including phenoxy) is 2. The smallest absolute Gasteiger partial charge is 0.136 e. The summed E-state index contributed by atoms with van der Waals surface area (Å²) < 4.78 is 12.1. The van der Waals surface area contributed by atoms with Crippen LogP contribution in [0.15, 0.2) is 24.3 Å². The predicted octanol–water partition coefficient (Wildman–Crippen LogP) is 7.75. The summed E-state index contributed by atoms with van der Waals surface area (Å²) >= 11 is 0. The maximum atomic E-state index is 12.9. The van der Waals surface area contributed by atoms with E-state index in [1.807, 2.05) is 0 Å². The SMILES string of the molecule is COc1c2cc(C(C)(C)C)cc1Cc1cc(C(C)(C)C)cc(c1OC)CC(C)(C(C)=O)CCCC2. The Hall–Kier alpha value is -2.29. The molecule has 0 saturated carbocycles. The molecular weight excluding hydrogens is 432 g/mol. The van der Waals surface area contributed by atoms with Gasteiger partial charge in [-0.2, -0.15) is 0 Å². The quantitative estimate of drug-likeness (QED) is 0.452. The number of hydrogen-bond acceptors (Lipinski definition) is 3. The van der Waals surface area contributed by atoms with Crippen LogP contribution in [0.4, 0.5) is 0 Å². The van der Waals surface area contributed by atoms with Crippen molar-refractivity contribution >= 4 is 5.78 Å². The number of hydrogen-bond donors (Lipinski definition) is 0. The summed E-state index contributed by atoms with van der Waals surface area (Å²) in [4.78, 5) is 12.9. The van der Waals surface area contributed by atoms with Gasteiger partial charge in [-0.1, -0.05) is 79.2 Å². The van der Waals surface area contributed by atoms with E-state index in [-0.39, 0.29) is 16.6 Å². The molecular formula is C32H46O3. The maximum absolute atomic E-state index is 12.9. The van der Waals surface area contributed by atoms with E-state index in [0.29, 0.717) is 6.42 Å². The van der Waals surface area contributed by atoms with E-state index in [9.17, 15) is 4.79 Å². The lowest BCUT2D eigenvalue weighted by Gasteiger charge is -2.30. The minimum Gasteiger partial charge on any atom is -0.496 e. The molecule has 192 valence electrons. The van der Waals surface area contributed by atoms with E-state index in [1.165, 1.54) is 22.3 Å². The second kappa shape index (κ2) is 9.99. The Morgan fingerprint density at radius 2 is 1.23 bits per heavy atom. The molecule has 3 nitrogen and oxygen atoms in total. The first-order chi connectivity index (χ1) is 16.2. The van der Waals surface area contributed by atoms with Gasteiger partial charge in [0.15, 0.2) is 0 Å². The topological polar surface area (TPSA) is 35.5 Å². The van der Waals surface area contributed by atoms with Crippen LogP contribution in [0, 0.1) is 5.41 Å². The molecule has 4 bridgehead atoms. The summed E-state index contributed by atoms with van der Waals surface area (Å²) in [5.41, 5.74) is 7.00. The standard InChI is InChI=1S/C32H46O3/c1-21(33)32(8)14-12-11-13-22-16-26(30(2,3)4)17-23(28(22)34-9)15-24-18-27(31(5,6)7)19-25(20-32)29(24)35-10/h16-19H,11-15,20H2,1-10H3. The first-order valence-corrected chi connectivity index (χ1v) is 13.1. The van der Waals surface area contributed by atoms with E-state index in [0.717, 1.165) is 54.7 Å². The zero-order valence-corrected chi connectivity index (χ0v) is 23.8. The average Bonchev–Trinajstić information content (AvgIpc) is 2.74. The minimum atomic E-state index is -0.408. The van der Waals surface area contributed by atoms with Gasteiger partial charge in [0.05, 0.1) is 14.2 Å². The lowest BCUT2D eigenvalue weighted by Crippen LogP contribution is -2.29. The van der Waals surface area contributed by atoms with Crippen molar-refractivity contribution in [3.05, 3.63) is 57.6 Å². The van der Waals surface area contributed by atoms with Crippen LogP contribution in [0.25, 0.3) is 0 Å². The van der Waals surface area contributed by atoms with E-state index >= 15 is 0 Å². The van der Waals surface area contributed by atoms with Gasteiger partial charge in [-0.3, -0.25) is 4.79 Å². The highest BCUT2D eigenvalue weighted by atomic mass is 16.5. The van der Waals surface area contributed by atoms with Gasteiger partial charge in [0, 0.05) is 11.8 Å². The van der Waals surface area contributed by atoms with Crippen LogP contribution in [0.5, 0.6) is 11.5 Å². The number of benzene rings is 2. The lowest BCUT2D eigenvalue weighted by atomic mass is 9.74. The Morgan fingerprint density at radius 3 is 1.69 bits per heavy atom. The number of methoxy groups -OCH3 is 2. The fourth-order valence-corrected chi connectivity index (χ4v) is 5.32. The lowest BCUT2D eigenvalue weighted by molar-refractivity contribution is -0.126. The van der Waals surface area contributed by atoms with Crippen LogP contribution >= 0.6 is 0 Å². The van der Waals surface area contributed by atoms with Gasteiger partial charge < -0.3 is 9.47 Å². The zero-order valence-electron chi connectivity index (χ0n) is 23.8. The van der Waals surface area contributed by atoms with Gasteiger partial charge in [0.2, 0.25) is 0 Å². The third kappa shape index (κ3) is 5.93. The van der Waals surface area contributed by atoms with Crippen molar-refractivity contribution in [3.63, 3.8) is 0 Å². The summed E-state index contributed by atoms with van der Waals surface area (Å²) in [5.74, 6) is 2.16. The second-order valence-electron chi connectivity index (χ2n) is 12.8. The molecule has 0 aliphatic heterocycles. The number of carbonyl (C=O) groups is 1. The third-order valence-electron chi connectivity index (χ3n) is 7.86. The van der Waals surface area contributed by atoms with Crippen LogP contribution in [0.2, 0.25) is 0 Å². The fourth-order valence-electron chi connectivity index (χ4n) is 5.32. The molecule has 0 aromatic heterocycles. The number of ketones is 1.